The Hall–Kier alpha value is -1.32. The molecule has 3 heteroatoms. The predicted molar refractivity (Wildman–Crippen MR) is 79.4 cm³/mol. The normalized spacial score (nSPS) is 15.3. The van der Waals surface area contributed by atoms with E-state index in [1.54, 1.807) is 11.8 Å². The van der Waals surface area contributed by atoms with Crippen LogP contribution in [0.3, 0.4) is 0 Å². The number of hydrogen-bond donors (Lipinski definition) is 1. The van der Waals surface area contributed by atoms with Gasteiger partial charge in [-0.25, -0.2) is 0 Å². The van der Waals surface area contributed by atoms with Crippen molar-refractivity contribution in [2.45, 2.75) is 42.0 Å². The number of nitrogens with two attached hydrogens (primary N) is 1. The van der Waals surface area contributed by atoms with Crippen molar-refractivity contribution in [3.05, 3.63) is 53.3 Å². The van der Waals surface area contributed by atoms with Crippen LogP contribution in [0.25, 0.3) is 0 Å². The minimum Gasteiger partial charge on any atom is -0.323 e. The van der Waals surface area contributed by atoms with Crippen LogP contribution in [0.1, 0.15) is 36.2 Å². The standard InChI is InChI=1S/C16H18N2S/c1-11(17)16-8-7-15(10-18-16)19-14-6-5-12-3-2-4-13(12)9-14/h5-11H,2-4,17H2,1H3. The lowest BCUT2D eigenvalue weighted by Crippen LogP contribution is -2.06. The van der Waals surface area contributed by atoms with Crippen LogP contribution in [0.15, 0.2) is 46.3 Å². The quantitative estimate of drug-likeness (QED) is 0.923. The first kappa shape index (κ1) is 12.7. The van der Waals surface area contributed by atoms with Crippen molar-refractivity contribution in [3.63, 3.8) is 0 Å². The molecular formula is C16H18N2S. The molecule has 98 valence electrons. The third-order valence-electron chi connectivity index (χ3n) is 3.53. The number of benzene rings is 1. The van der Waals surface area contributed by atoms with Crippen LogP contribution < -0.4 is 5.73 Å². The second kappa shape index (κ2) is 5.35. The molecular weight excluding hydrogens is 252 g/mol. The summed E-state index contributed by atoms with van der Waals surface area (Å²) < 4.78 is 0. The van der Waals surface area contributed by atoms with Gasteiger partial charge in [-0.15, -0.1) is 0 Å². The molecule has 0 spiro atoms. The van der Waals surface area contributed by atoms with E-state index in [9.17, 15) is 0 Å². The van der Waals surface area contributed by atoms with Gasteiger partial charge in [0.15, 0.2) is 0 Å². The number of hydrogen-bond acceptors (Lipinski definition) is 3. The molecule has 1 atom stereocenters. The van der Waals surface area contributed by atoms with Gasteiger partial charge in [0, 0.05) is 22.0 Å². The molecule has 0 saturated heterocycles. The summed E-state index contributed by atoms with van der Waals surface area (Å²) in [6.07, 6.45) is 5.68. The van der Waals surface area contributed by atoms with Gasteiger partial charge in [-0.2, -0.15) is 0 Å². The van der Waals surface area contributed by atoms with E-state index in [-0.39, 0.29) is 6.04 Å². The topological polar surface area (TPSA) is 38.9 Å². The monoisotopic (exact) mass is 270 g/mol. The smallest absolute Gasteiger partial charge is 0.0569 e. The van der Waals surface area contributed by atoms with E-state index in [1.807, 2.05) is 19.2 Å². The number of aryl methyl sites for hydroxylation is 2. The average molecular weight is 270 g/mol. The average Bonchev–Trinajstić information content (AvgIpc) is 2.87. The molecule has 1 unspecified atom stereocenters. The molecule has 1 aliphatic carbocycles. The molecule has 0 aliphatic heterocycles. The van der Waals surface area contributed by atoms with Crippen molar-refractivity contribution >= 4 is 11.8 Å². The van der Waals surface area contributed by atoms with Gasteiger partial charge in [0.25, 0.3) is 0 Å². The molecule has 0 bridgehead atoms. The number of fused-ring (bicyclic) bond motifs is 1. The Kier molecular flexibility index (Phi) is 3.58. The van der Waals surface area contributed by atoms with Gasteiger partial charge in [-0.05, 0) is 61.6 Å². The highest BCUT2D eigenvalue weighted by atomic mass is 32.2. The van der Waals surface area contributed by atoms with E-state index in [1.165, 1.54) is 40.2 Å². The Morgan fingerprint density at radius 3 is 2.63 bits per heavy atom. The van der Waals surface area contributed by atoms with Crippen molar-refractivity contribution in [2.75, 3.05) is 0 Å². The third-order valence-corrected chi connectivity index (χ3v) is 4.50. The van der Waals surface area contributed by atoms with E-state index in [0.717, 1.165) is 5.69 Å². The molecule has 2 aromatic rings. The second-order valence-electron chi connectivity index (χ2n) is 5.09. The van der Waals surface area contributed by atoms with E-state index >= 15 is 0 Å². The van der Waals surface area contributed by atoms with Gasteiger partial charge in [0.05, 0.1) is 5.69 Å². The number of nitrogens with zero attached hydrogens (tertiary/aromatic N) is 1. The first-order valence-electron chi connectivity index (χ1n) is 6.73. The summed E-state index contributed by atoms with van der Waals surface area (Å²) in [4.78, 5) is 6.87. The van der Waals surface area contributed by atoms with Gasteiger partial charge in [0.1, 0.15) is 0 Å². The molecule has 1 heterocycles. The van der Waals surface area contributed by atoms with Crippen LogP contribution in [0.2, 0.25) is 0 Å². The SMILES string of the molecule is CC(N)c1ccc(Sc2ccc3c(c2)CCC3)cn1. The third kappa shape index (κ3) is 2.82. The highest BCUT2D eigenvalue weighted by molar-refractivity contribution is 7.99. The number of pyridine rings is 1. The van der Waals surface area contributed by atoms with E-state index in [0.29, 0.717) is 0 Å². The fourth-order valence-corrected chi connectivity index (χ4v) is 3.32. The lowest BCUT2D eigenvalue weighted by atomic mass is 10.1. The lowest BCUT2D eigenvalue weighted by molar-refractivity contribution is 0.777. The highest BCUT2D eigenvalue weighted by Crippen LogP contribution is 2.31. The molecule has 1 aromatic carbocycles. The fraction of sp³-hybridized carbons (Fsp3) is 0.312. The molecule has 0 fully saturated rings. The van der Waals surface area contributed by atoms with E-state index in [2.05, 4.69) is 29.2 Å². The molecule has 19 heavy (non-hydrogen) atoms. The zero-order chi connectivity index (χ0) is 13.2. The maximum atomic E-state index is 5.81. The van der Waals surface area contributed by atoms with Crippen molar-refractivity contribution in [2.24, 2.45) is 5.73 Å². The molecule has 1 aromatic heterocycles. The first-order chi connectivity index (χ1) is 9.22. The van der Waals surface area contributed by atoms with Gasteiger partial charge in [-0.3, -0.25) is 4.98 Å². The van der Waals surface area contributed by atoms with Crippen LogP contribution in [0, 0.1) is 0 Å². The highest BCUT2D eigenvalue weighted by Gasteiger charge is 2.11. The Balaban J connectivity index is 1.77. The summed E-state index contributed by atoms with van der Waals surface area (Å²) in [6, 6.07) is 10.9. The minimum absolute atomic E-state index is 0.000885. The van der Waals surface area contributed by atoms with Crippen molar-refractivity contribution in [1.29, 1.82) is 0 Å². The van der Waals surface area contributed by atoms with Crippen LogP contribution in [-0.4, -0.2) is 4.98 Å². The summed E-state index contributed by atoms with van der Waals surface area (Å²) in [5, 5.41) is 0. The van der Waals surface area contributed by atoms with Crippen LogP contribution >= 0.6 is 11.8 Å². The zero-order valence-corrected chi connectivity index (χ0v) is 11.9. The van der Waals surface area contributed by atoms with E-state index in [4.69, 9.17) is 5.73 Å². The first-order valence-corrected chi connectivity index (χ1v) is 7.55. The number of aromatic nitrogens is 1. The van der Waals surface area contributed by atoms with Crippen LogP contribution in [-0.2, 0) is 12.8 Å². The van der Waals surface area contributed by atoms with Gasteiger partial charge in [-0.1, -0.05) is 17.8 Å². The van der Waals surface area contributed by atoms with Gasteiger partial charge < -0.3 is 5.73 Å². The molecule has 0 saturated carbocycles. The Bertz CT molecular complexity index is 576. The molecule has 2 N–H and O–H groups in total. The Labute approximate surface area is 118 Å². The summed E-state index contributed by atoms with van der Waals surface area (Å²) >= 11 is 1.77. The van der Waals surface area contributed by atoms with Gasteiger partial charge in [0.2, 0.25) is 0 Å². The Morgan fingerprint density at radius 2 is 1.89 bits per heavy atom. The van der Waals surface area contributed by atoms with Crippen molar-refractivity contribution in [1.82, 2.24) is 4.98 Å². The van der Waals surface area contributed by atoms with Crippen molar-refractivity contribution < 1.29 is 0 Å². The molecule has 2 nitrogen and oxygen atoms in total. The fourth-order valence-electron chi connectivity index (χ4n) is 2.47. The lowest BCUT2D eigenvalue weighted by Gasteiger charge is -2.07. The summed E-state index contributed by atoms with van der Waals surface area (Å²) in [5.74, 6) is 0. The van der Waals surface area contributed by atoms with Crippen LogP contribution in [0.4, 0.5) is 0 Å². The zero-order valence-electron chi connectivity index (χ0n) is 11.1. The minimum atomic E-state index is -0.000885. The van der Waals surface area contributed by atoms with Crippen molar-refractivity contribution in [3.8, 4) is 0 Å². The Morgan fingerprint density at radius 1 is 1.11 bits per heavy atom. The molecule has 3 rings (SSSR count). The van der Waals surface area contributed by atoms with Crippen LogP contribution in [0.5, 0.6) is 0 Å². The maximum absolute atomic E-state index is 5.81. The second-order valence-corrected chi connectivity index (χ2v) is 6.24. The largest absolute Gasteiger partial charge is 0.323 e. The predicted octanol–water partition coefficient (Wildman–Crippen LogP) is 3.74. The number of rotatable bonds is 3. The molecule has 0 amide bonds. The maximum Gasteiger partial charge on any atom is 0.0569 e. The summed E-state index contributed by atoms with van der Waals surface area (Å²) in [6.45, 7) is 1.95. The molecule has 0 radical (unpaired) electrons. The molecule has 1 aliphatic rings. The summed E-state index contributed by atoms with van der Waals surface area (Å²) in [5.41, 5.74) is 9.79. The van der Waals surface area contributed by atoms with Gasteiger partial charge >= 0.3 is 0 Å². The summed E-state index contributed by atoms with van der Waals surface area (Å²) in [7, 11) is 0. The van der Waals surface area contributed by atoms with E-state index < -0.39 is 0 Å².